The SMILES string of the molecule is NC(=O)c1cccnc1NCCOCC(F)F. The molecule has 0 bridgehead atoms. The number of hydrogen-bond donors (Lipinski definition) is 2. The van der Waals surface area contributed by atoms with Crippen LogP contribution < -0.4 is 11.1 Å². The van der Waals surface area contributed by atoms with Crippen LogP contribution in [0.2, 0.25) is 0 Å². The Kier molecular flexibility index (Phi) is 5.28. The molecule has 0 unspecified atom stereocenters. The summed E-state index contributed by atoms with van der Waals surface area (Å²) in [6.07, 6.45) is -0.986. The highest BCUT2D eigenvalue weighted by Crippen LogP contribution is 2.09. The molecule has 1 aromatic rings. The Hall–Kier alpha value is -1.76. The van der Waals surface area contributed by atoms with Crippen LogP contribution in [-0.2, 0) is 4.74 Å². The number of carbonyl (C=O) groups excluding carboxylic acids is 1. The Morgan fingerprint density at radius 1 is 1.59 bits per heavy atom. The molecule has 0 aliphatic carbocycles. The molecule has 3 N–H and O–H groups in total. The summed E-state index contributed by atoms with van der Waals surface area (Å²) in [4.78, 5) is 14.9. The molecule has 1 amide bonds. The van der Waals surface area contributed by atoms with Gasteiger partial charge in [0.15, 0.2) is 0 Å². The second-order valence-corrected chi connectivity index (χ2v) is 3.16. The minimum absolute atomic E-state index is 0.0963. The summed E-state index contributed by atoms with van der Waals surface area (Å²) in [5.41, 5.74) is 5.39. The fourth-order valence-electron chi connectivity index (χ4n) is 1.16. The van der Waals surface area contributed by atoms with Gasteiger partial charge >= 0.3 is 0 Å². The summed E-state index contributed by atoms with van der Waals surface area (Å²) in [5.74, 6) is -0.283. The zero-order valence-corrected chi connectivity index (χ0v) is 9.03. The lowest BCUT2D eigenvalue weighted by Crippen LogP contribution is -2.18. The summed E-state index contributed by atoms with van der Waals surface area (Å²) < 4.78 is 28.1. The summed E-state index contributed by atoms with van der Waals surface area (Å²) in [7, 11) is 0. The van der Waals surface area contributed by atoms with E-state index >= 15 is 0 Å². The minimum atomic E-state index is -2.48. The van der Waals surface area contributed by atoms with Crippen LogP contribution in [0.15, 0.2) is 18.3 Å². The molecular weight excluding hydrogens is 232 g/mol. The van der Waals surface area contributed by atoms with Crippen LogP contribution in [0.1, 0.15) is 10.4 Å². The molecule has 0 saturated heterocycles. The first-order chi connectivity index (χ1) is 8.11. The zero-order chi connectivity index (χ0) is 12.7. The average Bonchev–Trinajstić information content (AvgIpc) is 2.28. The van der Waals surface area contributed by atoms with Gasteiger partial charge in [0.2, 0.25) is 0 Å². The molecule has 0 spiro atoms. The number of rotatable bonds is 7. The van der Waals surface area contributed by atoms with Gasteiger partial charge in [0.05, 0.1) is 12.2 Å². The lowest BCUT2D eigenvalue weighted by molar-refractivity contribution is 0.0215. The van der Waals surface area contributed by atoms with Gasteiger partial charge in [0.25, 0.3) is 12.3 Å². The van der Waals surface area contributed by atoms with Crippen molar-refractivity contribution in [2.75, 3.05) is 25.1 Å². The number of alkyl halides is 2. The molecule has 0 atom stereocenters. The Bertz CT molecular complexity index is 374. The molecule has 0 fully saturated rings. The van der Waals surface area contributed by atoms with Crippen LogP contribution >= 0.6 is 0 Å². The average molecular weight is 245 g/mol. The Morgan fingerprint density at radius 2 is 2.35 bits per heavy atom. The molecule has 0 aromatic carbocycles. The number of carbonyl (C=O) groups is 1. The highest BCUT2D eigenvalue weighted by atomic mass is 19.3. The van der Waals surface area contributed by atoms with E-state index in [0.717, 1.165) is 0 Å². The van der Waals surface area contributed by atoms with Crippen molar-refractivity contribution < 1.29 is 18.3 Å². The van der Waals surface area contributed by atoms with Gasteiger partial charge in [-0.2, -0.15) is 0 Å². The van der Waals surface area contributed by atoms with E-state index < -0.39 is 18.9 Å². The normalized spacial score (nSPS) is 10.5. The Balaban J connectivity index is 2.39. The van der Waals surface area contributed by atoms with Gasteiger partial charge in [-0.1, -0.05) is 0 Å². The Morgan fingerprint density at radius 3 is 3.00 bits per heavy atom. The smallest absolute Gasteiger partial charge is 0.261 e. The summed E-state index contributed by atoms with van der Waals surface area (Å²) in [6.45, 7) is -0.240. The number of amides is 1. The van der Waals surface area contributed by atoms with E-state index in [2.05, 4.69) is 15.0 Å². The molecule has 5 nitrogen and oxygen atoms in total. The van der Waals surface area contributed by atoms with Crippen molar-refractivity contribution in [3.8, 4) is 0 Å². The fourth-order valence-corrected chi connectivity index (χ4v) is 1.16. The summed E-state index contributed by atoms with van der Waals surface area (Å²) in [6, 6.07) is 3.11. The maximum Gasteiger partial charge on any atom is 0.261 e. The van der Waals surface area contributed by atoms with Crippen LogP contribution in [0, 0.1) is 0 Å². The van der Waals surface area contributed by atoms with E-state index in [4.69, 9.17) is 5.73 Å². The second-order valence-electron chi connectivity index (χ2n) is 3.16. The fraction of sp³-hybridized carbons (Fsp3) is 0.400. The third-order valence-corrected chi connectivity index (χ3v) is 1.86. The van der Waals surface area contributed by atoms with Crippen LogP contribution in [0.5, 0.6) is 0 Å². The molecule has 94 valence electrons. The van der Waals surface area contributed by atoms with Gasteiger partial charge in [-0.3, -0.25) is 4.79 Å². The number of nitrogens with two attached hydrogens (primary N) is 1. The number of halogens is 2. The number of aromatic nitrogens is 1. The van der Waals surface area contributed by atoms with Crippen molar-refractivity contribution in [3.05, 3.63) is 23.9 Å². The predicted molar refractivity (Wildman–Crippen MR) is 58.1 cm³/mol. The number of ether oxygens (including phenoxy) is 1. The molecule has 7 heteroatoms. The van der Waals surface area contributed by atoms with Gasteiger partial charge in [0.1, 0.15) is 12.4 Å². The minimum Gasteiger partial charge on any atom is -0.374 e. The standard InChI is InChI=1S/C10H13F2N3O2/c11-8(12)6-17-5-4-15-10-7(9(13)16)2-1-3-14-10/h1-3,8H,4-6H2,(H2,13,16)(H,14,15). The number of hydrogen-bond acceptors (Lipinski definition) is 4. The van der Waals surface area contributed by atoms with Crippen LogP contribution in [0.3, 0.4) is 0 Å². The Labute approximate surface area is 97.0 Å². The molecular formula is C10H13F2N3O2. The number of primary amides is 1. The highest BCUT2D eigenvalue weighted by molar-refractivity contribution is 5.97. The molecule has 1 heterocycles. The van der Waals surface area contributed by atoms with Crippen LogP contribution in [0.4, 0.5) is 14.6 Å². The second kappa shape index (κ2) is 6.74. The first kappa shape index (κ1) is 13.3. The van der Waals surface area contributed by atoms with E-state index in [1.165, 1.54) is 12.3 Å². The third-order valence-electron chi connectivity index (χ3n) is 1.86. The topological polar surface area (TPSA) is 77.2 Å². The van der Waals surface area contributed by atoms with E-state index in [-0.39, 0.29) is 18.7 Å². The predicted octanol–water partition coefficient (Wildman–Crippen LogP) is 0.874. The van der Waals surface area contributed by atoms with Crippen molar-refractivity contribution in [1.29, 1.82) is 0 Å². The maximum atomic E-state index is 11.7. The quantitative estimate of drug-likeness (QED) is 0.699. The van der Waals surface area contributed by atoms with Gasteiger partial charge in [0, 0.05) is 12.7 Å². The van der Waals surface area contributed by atoms with Gasteiger partial charge in [-0.25, -0.2) is 13.8 Å². The number of anilines is 1. The molecule has 0 aliphatic heterocycles. The summed E-state index contributed by atoms with van der Waals surface area (Å²) >= 11 is 0. The monoisotopic (exact) mass is 245 g/mol. The number of pyridine rings is 1. The molecule has 0 aliphatic rings. The van der Waals surface area contributed by atoms with Crippen molar-refractivity contribution in [3.63, 3.8) is 0 Å². The molecule has 1 aromatic heterocycles. The summed E-state index contributed by atoms with van der Waals surface area (Å²) in [5, 5.41) is 2.79. The zero-order valence-electron chi connectivity index (χ0n) is 9.03. The molecule has 0 radical (unpaired) electrons. The molecule has 0 saturated carbocycles. The van der Waals surface area contributed by atoms with Crippen molar-refractivity contribution in [1.82, 2.24) is 4.98 Å². The lowest BCUT2D eigenvalue weighted by Gasteiger charge is -2.08. The van der Waals surface area contributed by atoms with Crippen LogP contribution in [-0.4, -0.2) is 37.1 Å². The van der Waals surface area contributed by atoms with Gasteiger partial charge < -0.3 is 15.8 Å². The molecule has 1 rings (SSSR count). The van der Waals surface area contributed by atoms with Crippen molar-refractivity contribution >= 4 is 11.7 Å². The first-order valence-corrected chi connectivity index (χ1v) is 4.96. The number of nitrogens with one attached hydrogen (secondary N) is 1. The lowest BCUT2D eigenvalue weighted by atomic mass is 10.2. The van der Waals surface area contributed by atoms with Gasteiger partial charge in [-0.05, 0) is 12.1 Å². The molecule has 17 heavy (non-hydrogen) atoms. The van der Waals surface area contributed by atoms with E-state index in [1.807, 2.05) is 0 Å². The first-order valence-electron chi connectivity index (χ1n) is 4.96. The van der Waals surface area contributed by atoms with Gasteiger partial charge in [-0.15, -0.1) is 0 Å². The van der Waals surface area contributed by atoms with Crippen LogP contribution in [0.25, 0.3) is 0 Å². The largest absolute Gasteiger partial charge is 0.374 e. The highest BCUT2D eigenvalue weighted by Gasteiger charge is 2.07. The van der Waals surface area contributed by atoms with Crippen molar-refractivity contribution in [2.24, 2.45) is 5.73 Å². The van der Waals surface area contributed by atoms with Crippen molar-refractivity contribution in [2.45, 2.75) is 6.43 Å². The van der Waals surface area contributed by atoms with E-state index in [1.54, 1.807) is 6.07 Å². The van der Waals surface area contributed by atoms with E-state index in [0.29, 0.717) is 5.82 Å². The third kappa shape index (κ3) is 4.73. The number of nitrogens with zero attached hydrogens (tertiary/aromatic N) is 1. The van der Waals surface area contributed by atoms with E-state index in [9.17, 15) is 13.6 Å². The maximum absolute atomic E-state index is 11.7.